The molecule has 21 heavy (non-hydrogen) atoms. The molecule has 0 bridgehead atoms. The van der Waals surface area contributed by atoms with Crippen molar-refractivity contribution in [2.75, 3.05) is 39.5 Å². The summed E-state index contributed by atoms with van der Waals surface area (Å²) in [5.41, 5.74) is 1.12. The standard InChI is InChI=1S/C14H22N2O4S/c17-21(18,16-8-11-19-12-9-16)15-7-4-10-20-13-14-5-2-1-3-6-14/h1-3,5-6,15H,4,7-13H2. The van der Waals surface area contributed by atoms with E-state index in [1.54, 1.807) is 0 Å². The highest BCUT2D eigenvalue weighted by atomic mass is 32.2. The summed E-state index contributed by atoms with van der Waals surface area (Å²) in [6.45, 7) is 3.22. The maximum absolute atomic E-state index is 12.0. The van der Waals surface area contributed by atoms with Crippen LogP contribution >= 0.6 is 0 Å². The normalized spacial score (nSPS) is 17.0. The molecule has 1 N–H and O–H groups in total. The van der Waals surface area contributed by atoms with Gasteiger partial charge in [-0.1, -0.05) is 30.3 Å². The Hall–Kier alpha value is -0.990. The van der Waals surface area contributed by atoms with E-state index < -0.39 is 10.2 Å². The predicted octanol–water partition coefficient (Wildman–Crippen LogP) is 0.760. The first-order chi connectivity index (χ1) is 10.2. The number of rotatable bonds is 8. The number of hydrogen-bond acceptors (Lipinski definition) is 4. The van der Waals surface area contributed by atoms with Crippen molar-refractivity contribution in [1.82, 2.24) is 9.03 Å². The first-order valence-corrected chi connectivity index (χ1v) is 8.57. The van der Waals surface area contributed by atoms with Crippen molar-refractivity contribution in [2.45, 2.75) is 13.0 Å². The molecule has 7 heteroatoms. The Morgan fingerprint density at radius 3 is 2.62 bits per heavy atom. The van der Waals surface area contributed by atoms with Gasteiger partial charge in [-0.2, -0.15) is 12.7 Å². The molecule has 1 aliphatic rings. The lowest BCUT2D eigenvalue weighted by Crippen LogP contribution is -2.46. The van der Waals surface area contributed by atoms with Crippen molar-refractivity contribution >= 4 is 10.2 Å². The lowest BCUT2D eigenvalue weighted by molar-refractivity contribution is 0.0724. The molecule has 0 atom stereocenters. The van der Waals surface area contributed by atoms with Crippen molar-refractivity contribution in [1.29, 1.82) is 0 Å². The van der Waals surface area contributed by atoms with Gasteiger partial charge < -0.3 is 9.47 Å². The molecule has 1 aliphatic heterocycles. The van der Waals surface area contributed by atoms with Gasteiger partial charge in [-0.25, -0.2) is 4.72 Å². The monoisotopic (exact) mass is 314 g/mol. The summed E-state index contributed by atoms with van der Waals surface area (Å²) in [6, 6.07) is 9.90. The van der Waals surface area contributed by atoms with Crippen molar-refractivity contribution in [2.24, 2.45) is 0 Å². The molecule has 0 aromatic heterocycles. The highest BCUT2D eigenvalue weighted by Gasteiger charge is 2.23. The first-order valence-electron chi connectivity index (χ1n) is 7.12. The summed E-state index contributed by atoms with van der Waals surface area (Å²) >= 11 is 0. The second-order valence-corrected chi connectivity index (χ2v) is 6.56. The van der Waals surface area contributed by atoms with Gasteiger partial charge in [0.05, 0.1) is 19.8 Å². The lowest BCUT2D eigenvalue weighted by Gasteiger charge is -2.26. The second kappa shape index (κ2) is 8.45. The van der Waals surface area contributed by atoms with Gasteiger partial charge in [0.25, 0.3) is 10.2 Å². The molecule has 1 aromatic rings. The van der Waals surface area contributed by atoms with Crippen LogP contribution in [0.5, 0.6) is 0 Å². The van der Waals surface area contributed by atoms with Crippen LogP contribution in [0.3, 0.4) is 0 Å². The molecule has 1 heterocycles. The lowest BCUT2D eigenvalue weighted by atomic mass is 10.2. The fourth-order valence-electron chi connectivity index (χ4n) is 2.02. The largest absolute Gasteiger partial charge is 0.379 e. The van der Waals surface area contributed by atoms with Crippen LogP contribution in [0, 0.1) is 0 Å². The van der Waals surface area contributed by atoms with Crippen LogP contribution in [-0.2, 0) is 26.3 Å². The zero-order chi connectivity index (χ0) is 15.0. The number of morpholine rings is 1. The summed E-state index contributed by atoms with van der Waals surface area (Å²) < 4.78 is 38.6. The zero-order valence-corrected chi connectivity index (χ0v) is 12.8. The second-order valence-electron chi connectivity index (χ2n) is 4.80. The molecule has 0 saturated carbocycles. The van der Waals surface area contributed by atoms with Gasteiger partial charge in [0.2, 0.25) is 0 Å². The third-order valence-electron chi connectivity index (χ3n) is 3.17. The minimum atomic E-state index is -3.37. The van der Waals surface area contributed by atoms with Gasteiger partial charge in [-0.15, -0.1) is 0 Å². The molecule has 0 spiro atoms. The zero-order valence-electron chi connectivity index (χ0n) is 12.0. The molecule has 2 rings (SSSR count). The maximum atomic E-state index is 12.0. The molecule has 1 aromatic carbocycles. The van der Waals surface area contributed by atoms with Crippen LogP contribution in [0.4, 0.5) is 0 Å². The van der Waals surface area contributed by atoms with E-state index in [0.29, 0.717) is 52.5 Å². The highest BCUT2D eigenvalue weighted by molar-refractivity contribution is 7.87. The van der Waals surface area contributed by atoms with Crippen molar-refractivity contribution < 1.29 is 17.9 Å². The average molecular weight is 314 g/mol. The quantitative estimate of drug-likeness (QED) is 0.719. The highest BCUT2D eigenvalue weighted by Crippen LogP contribution is 2.03. The SMILES string of the molecule is O=S(=O)(NCCCOCc1ccccc1)N1CCOCC1. The third kappa shape index (κ3) is 5.72. The van der Waals surface area contributed by atoms with Crippen LogP contribution in [0.25, 0.3) is 0 Å². The Balaban J connectivity index is 1.58. The average Bonchev–Trinajstić information content (AvgIpc) is 2.52. The van der Waals surface area contributed by atoms with E-state index in [1.807, 2.05) is 30.3 Å². The topological polar surface area (TPSA) is 67.9 Å². The number of ether oxygens (including phenoxy) is 2. The number of benzene rings is 1. The molecular weight excluding hydrogens is 292 g/mol. The Labute approximate surface area is 126 Å². The van der Waals surface area contributed by atoms with Gasteiger partial charge in [0.1, 0.15) is 0 Å². The number of nitrogens with zero attached hydrogens (tertiary/aromatic N) is 1. The minimum Gasteiger partial charge on any atom is -0.379 e. The van der Waals surface area contributed by atoms with E-state index in [0.717, 1.165) is 5.56 Å². The summed E-state index contributed by atoms with van der Waals surface area (Å²) in [4.78, 5) is 0. The van der Waals surface area contributed by atoms with Crippen LogP contribution in [0.2, 0.25) is 0 Å². The number of nitrogens with one attached hydrogen (secondary N) is 1. The van der Waals surface area contributed by atoms with Crippen LogP contribution in [0.1, 0.15) is 12.0 Å². The minimum absolute atomic E-state index is 0.383. The van der Waals surface area contributed by atoms with E-state index in [4.69, 9.17) is 9.47 Å². The van der Waals surface area contributed by atoms with Crippen molar-refractivity contribution in [3.63, 3.8) is 0 Å². The fraction of sp³-hybridized carbons (Fsp3) is 0.571. The molecule has 118 valence electrons. The van der Waals surface area contributed by atoms with Crippen molar-refractivity contribution in [3.8, 4) is 0 Å². The summed E-state index contributed by atoms with van der Waals surface area (Å²) in [7, 11) is -3.37. The first kappa shape index (κ1) is 16.4. The molecule has 0 unspecified atom stereocenters. The Bertz CT molecular complexity index is 501. The summed E-state index contributed by atoms with van der Waals surface area (Å²) in [5.74, 6) is 0. The molecule has 0 radical (unpaired) electrons. The molecule has 6 nitrogen and oxygen atoms in total. The fourth-order valence-corrected chi connectivity index (χ4v) is 3.23. The maximum Gasteiger partial charge on any atom is 0.279 e. The Morgan fingerprint density at radius 1 is 1.19 bits per heavy atom. The van der Waals surface area contributed by atoms with Crippen LogP contribution < -0.4 is 4.72 Å². The van der Waals surface area contributed by atoms with E-state index in [1.165, 1.54) is 4.31 Å². The van der Waals surface area contributed by atoms with Crippen LogP contribution in [0.15, 0.2) is 30.3 Å². The van der Waals surface area contributed by atoms with E-state index in [9.17, 15) is 8.42 Å². The molecule has 0 aliphatic carbocycles. The van der Waals surface area contributed by atoms with Gasteiger partial charge in [0, 0.05) is 26.2 Å². The van der Waals surface area contributed by atoms with E-state index in [2.05, 4.69) is 4.72 Å². The molecular formula is C14H22N2O4S. The van der Waals surface area contributed by atoms with Gasteiger partial charge in [0.15, 0.2) is 0 Å². The van der Waals surface area contributed by atoms with Gasteiger partial charge in [-0.05, 0) is 12.0 Å². The summed E-state index contributed by atoms with van der Waals surface area (Å²) in [6.07, 6.45) is 0.649. The Kier molecular flexibility index (Phi) is 6.59. The molecule has 1 fully saturated rings. The predicted molar refractivity (Wildman–Crippen MR) is 80.0 cm³/mol. The van der Waals surface area contributed by atoms with E-state index >= 15 is 0 Å². The Morgan fingerprint density at radius 2 is 1.90 bits per heavy atom. The third-order valence-corrected chi connectivity index (χ3v) is 4.79. The van der Waals surface area contributed by atoms with Crippen LogP contribution in [-0.4, -0.2) is 52.2 Å². The number of hydrogen-bond donors (Lipinski definition) is 1. The van der Waals surface area contributed by atoms with Gasteiger partial charge >= 0.3 is 0 Å². The summed E-state index contributed by atoms with van der Waals surface area (Å²) in [5, 5.41) is 0. The van der Waals surface area contributed by atoms with Crippen molar-refractivity contribution in [3.05, 3.63) is 35.9 Å². The smallest absolute Gasteiger partial charge is 0.279 e. The molecule has 1 saturated heterocycles. The van der Waals surface area contributed by atoms with Gasteiger partial charge in [-0.3, -0.25) is 0 Å². The van der Waals surface area contributed by atoms with E-state index in [-0.39, 0.29) is 0 Å². The molecule has 0 amide bonds.